The zero-order valence-electron chi connectivity index (χ0n) is 14.4. The summed E-state index contributed by atoms with van der Waals surface area (Å²) in [6.07, 6.45) is 0. The van der Waals surface area contributed by atoms with Crippen LogP contribution in [0, 0.1) is 6.92 Å². The largest absolute Gasteiger partial charge is 0.465 e. The number of methoxy groups -OCH3 is 1. The number of carbonyl (C=O) groups is 1. The molecule has 2 N–H and O–H groups in total. The molecule has 132 valence electrons. The number of thioether (sulfide) groups is 1. The summed E-state index contributed by atoms with van der Waals surface area (Å²) in [7, 11) is 1.37. The lowest BCUT2D eigenvalue weighted by Gasteiger charge is -2.13. The summed E-state index contributed by atoms with van der Waals surface area (Å²) in [5.41, 5.74) is 3.63. The lowest BCUT2D eigenvalue weighted by Crippen LogP contribution is -2.30. The molecule has 0 amide bonds. The van der Waals surface area contributed by atoms with Crippen molar-refractivity contribution in [2.75, 3.05) is 24.7 Å². The van der Waals surface area contributed by atoms with Gasteiger partial charge in [0.1, 0.15) is 0 Å². The van der Waals surface area contributed by atoms with Crippen molar-refractivity contribution >= 4 is 40.7 Å². The van der Waals surface area contributed by atoms with Gasteiger partial charge in [-0.25, -0.2) is 4.79 Å². The summed E-state index contributed by atoms with van der Waals surface area (Å²) in [5.74, 6) is 1.58. The molecule has 6 heteroatoms. The fraction of sp³-hybridized carbons (Fsp3) is 0.263. The van der Waals surface area contributed by atoms with Crippen LogP contribution in [0.4, 0.5) is 5.69 Å². The van der Waals surface area contributed by atoms with Gasteiger partial charge in [0, 0.05) is 23.7 Å². The average molecular weight is 375 g/mol. The highest BCUT2D eigenvalue weighted by Gasteiger charge is 2.08. The first-order valence-electron chi connectivity index (χ1n) is 7.95. The number of rotatable bonds is 7. The summed E-state index contributed by atoms with van der Waals surface area (Å²) in [6.45, 7) is 2.74. The zero-order chi connectivity index (χ0) is 18.1. The third kappa shape index (κ3) is 6.40. The maximum Gasteiger partial charge on any atom is 0.337 e. The number of carbonyl (C=O) groups excluding carboxylic acids is 1. The van der Waals surface area contributed by atoms with Crippen molar-refractivity contribution in [2.24, 2.45) is 0 Å². The average Bonchev–Trinajstić information content (AvgIpc) is 2.63. The van der Waals surface area contributed by atoms with Crippen LogP contribution in [0.5, 0.6) is 0 Å². The Morgan fingerprint density at radius 1 is 1.20 bits per heavy atom. The van der Waals surface area contributed by atoms with Gasteiger partial charge in [-0.05, 0) is 42.4 Å². The van der Waals surface area contributed by atoms with E-state index in [2.05, 4.69) is 34.9 Å². The molecule has 0 aliphatic heterocycles. The molecule has 4 nitrogen and oxygen atoms in total. The van der Waals surface area contributed by atoms with E-state index in [0.29, 0.717) is 10.7 Å². The van der Waals surface area contributed by atoms with E-state index in [1.807, 2.05) is 30.8 Å². The van der Waals surface area contributed by atoms with Gasteiger partial charge < -0.3 is 15.4 Å². The molecule has 25 heavy (non-hydrogen) atoms. The number of hydrogen-bond acceptors (Lipinski definition) is 4. The molecule has 0 saturated heterocycles. The van der Waals surface area contributed by atoms with Gasteiger partial charge in [0.25, 0.3) is 0 Å². The van der Waals surface area contributed by atoms with Crippen LogP contribution in [0.3, 0.4) is 0 Å². The van der Waals surface area contributed by atoms with Crippen LogP contribution < -0.4 is 10.6 Å². The summed E-state index contributed by atoms with van der Waals surface area (Å²) < 4.78 is 4.75. The molecule has 0 fully saturated rings. The number of nitrogens with one attached hydrogen (secondary N) is 2. The molecule has 0 aliphatic rings. The second-order valence-electron chi connectivity index (χ2n) is 5.44. The van der Waals surface area contributed by atoms with Crippen molar-refractivity contribution in [3.05, 3.63) is 65.2 Å². The van der Waals surface area contributed by atoms with Crippen molar-refractivity contribution in [3.63, 3.8) is 0 Å². The highest BCUT2D eigenvalue weighted by atomic mass is 32.2. The highest BCUT2D eigenvalue weighted by molar-refractivity contribution is 7.98. The van der Waals surface area contributed by atoms with Crippen LogP contribution in [0.2, 0.25) is 0 Å². The first-order valence-corrected chi connectivity index (χ1v) is 9.52. The van der Waals surface area contributed by atoms with E-state index in [0.717, 1.165) is 29.3 Å². The highest BCUT2D eigenvalue weighted by Crippen LogP contribution is 2.17. The Bertz CT molecular complexity index is 721. The Kier molecular flexibility index (Phi) is 7.76. The molecule has 0 radical (unpaired) electrons. The fourth-order valence-corrected chi connectivity index (χ4v) is 3.20. The predicted molar refractivity (Wildman–Crippen MR) is 109 cm³/mol. The maximum atomic E-state index is 11.6. The van der Waals surface area contributed by atoms with Crippen LogP contribution >= 0.6 is 24.0 Å². The van der Waals surface area contributed by atoms with Crippen molar-refractivity contribution in [3.8, 4) is 0 Å². The van der Waals surface area contributed by atoms with E-state index in [4.69, 9.17) is 17.0 Å². The SMILES string of the molecule is COC(=O)c1ccc(C)c(NC(=S)NCCSCc2ccccc2)c1. The third-order valence-electron chi connectivity index (χ3n) is 3.55. The molecular formula is C19H22N2O2S2. The molecule has 0 heterocycles. The van der Waals surface area contributed by atoms with Crippen molar-refractivity contribution in [2.45, 2.75) is 12.7 Å². The Hall–Kier alpha value is -2.05. The number of benzene rings is 2. The Morgan fingerprint density at radius 2 is 1.96 bits per heavy atom. The Balaban J connectivity index is 1.75. The summed E-state index contributed by atoms with van der Waals surface area (Å²) in [5, 5.41) is 6.88. The first-order chi connectivity index (χ1) is 12.1. The molecule has 0 aliphatic carbocycles. The van der Waals surface area contributed by atoms with Gasteiger partial charge in [-0.2, -0.15) is 11.8 Å². The Morgan fingerprint density at radius 3 is 2.68 bits per heavy atom. The minimum atomic E-state index is -0.362. The fourth-order valence-electron chi connectivity index (χ4n) is 2.17. The quantitative estimate of drug-likeness (QED) is 0.434. The van der Waals surface area contributed by atoms with Crippen molar-refractivity contribution in [1.29, 1.82) is 0 Å². The monoisotopic (exact) mass is 374 g/mol. The topological polar surface area (TPSA) is 50.4 Å². The van der Waals surface area contributed by atoms with E-state index in [1.165, 1.54) is 12.7 Å². The smallest absolute Gasteiger partial charge is 0.337 e. The zero-order valence-corrected chi connectivity index (χ0v) is 16.0. The minimum Gasteiger partial charge on any atom is -0.465 e. The number of hydrogen-bond donors (Lipinski definition) is 2. The standard InChI is InChI=1S/C19H22N2O2S2/c1-14-8-9-16(18(22)23-2)12-17(14)21-19(24)20-10-11-25-13-15-6-4-3-5-7-15/h3-9,12H,10-11,13H2,1-2H3,(H2,20,21,24). The van der Waals surface area contributed by atoms with E-state index in [1.54, 1.807) is 12.1 Å². The van der Waals surface area contributed by atoms with Crippen LogP contribution in [0.25, 0.3) is 0 Å². The Labute approximate surface area is 158 Å². The van der Waals surface area contributed by atoms with Gasteiger partial charge in [0.15, 0.2) is 5.11 Å². The number of esters is 1. The van der Waals surface area contributed by atoms with Crippen LogP contribution in [-0.4, -0.2) is 30.5 Å². The van der Waals surface area contributed by atoms with Gasteiger partial charge in [0.05, 0.1) is 12.7 Å². The van der Waals surface area contributed by atoms with Crippen molar-refractivity contribution in [1.82, 2.24) is 5.32 Å². The number of ether oxygens (including phenoxy) is 1. The summed E-state index contributed by atoms with van der Waals surface area (Å²) in [6, 6.07) is 15.7. The lowest BCUT2D eigenvalue weighted by atomic mass is 10.1. The number of aryl methyl sites for hydroxylation is 1. The molecule has 2 aromatic rings. The van der Waals surface area contributed by atoms with Crippen LogP contribution in [0.15, 0.2) is 48.5 Å². The first kappa shape index (κ1) is 19.3. The van der Waals surface area contributed by atoms with Crippen LogP contribution in [0.1, 0.15) is 21.5 Å². The van der Waals surface area contributed by atoms with E-state index < -0.39 is 0 Å². The molecule has 2 rings (SSSR count). The second-order valence-corrected chi connectivity index (χ2v) is 6.95. The molecule has 0 bridgehead atoms. The molecule has 0 aromatic heterocycles. The number of thiocarbonyl (C=S) groups is 1. The molecule has 2 aromatic carbocycles. The van der Waals surface area contributed by atoms with Crippen molar-refractivity contribution < 1.29 is 9.53 Å². The maximum absolute atomic E-state index is 11.6. The molecule has 0 atom stereocenters. The molecular weight excluding hydrogens is 352 g/mol. The van der Waals surface area contributed by atoms with Crippen LogP contribution in [-0.2, 0) is 10.5 Å². The van der Waals surface area contributed by atoms with Gasteiger partial charge in [0.2, 0.25) is 0 Å². The molecule has 0 unspecified atom stereocenters. The predicted octanol–water partition coefficient (Wildman–Crippen LogP) is 4.00. The van der Waals surface area contributed by atoms with Gasteiger partial charge >= 0.3 is 5.97 Å². The normalized spacial score (nSPS) is 10.2. The van der Waals surface area contributed by atoms with E-state index in [-0.39, 0.29) is 5.97 Å². The van der Waals surface area contributed by atoms with Gasteiger partial charge in [-0.15, -0.1) is 0 Å². The van der Waals surface area contributed by atoms with E-state index >= 15 is 0 Å². The van der Waals surface area contributed by atoms with Gasteiger partial charge in [-0.1, -0.05) is 36.4 Å². The lowest BCUT2D eigenvalue weighted by molar-refractivity contribution is 0.0601. The van der Waals surface area contributed by atoms with Gasteiger partial charge in [-0.3, -0.25) is 0 Å². The molecule has 0 spiro atoms. The summed E-state index contributed by atoms with van der Waals surface area (Å²) >= 11 is 7.18. The third-order valence-corrected chi connectivity index (χ3v) is 4.83. The summed E-state index contributed by atoms with van der Waals surface area (Å²) in [4.78, 5) is 11.6. The minimum absolute atomic E-state index is 0.362. The molecule has 0 saturated carbocycles. The second kappa shape index (κ2) is 10.1. The van der Waals surface area contributed by atoms with E-state index in [9.17, 15) is 4.79 Å². The number of anilines is 1.